The normalized spacial score (nSPS) is 18.2. The number of benzene rings is 1. The summed E-state index contributed by atoms with van der Waals surface area (Å²) in [5.41, 5.74) is 0.919. The molecule has 0 bridgehead atoms. The summed E-state index contributed by atoms with van der Waals surface area (Å²) in [5, 5.41) is 18.9. The first-order valence-corrected chi connectivity index (χ1v) is 11.3. The van der Waals surface area contributed by atoms with Crippen molar-refractivity contribution in [2.75, 3.05) is 39.9 Å². The van der Waals surface area contributed by atoms with Crippen LogP contribution >= 0.6 is 35.3 Å². The van der Waals surface area contributed by atoms with E-state index in [2.05, 4.69) is 46.9 Å². The summed E-state index contributed by atoms with van der Waals surface area (Å²) in [6.07, 6.45) is 0.242. The number of ether oxygens (including phenoxy) is 2. The van der Waals surface area contributed by atoms with Crippen LogP contribution < -0.4 is 15.4 Å². The number of phenolic OH excluding ortho intramolecular Hbond substituents is 1. The Morgan fingerprint density at radius 2 is 2.23 bits per heavy atom. The number of guanidine groups is 1. The number of morpholine rings is 1. The summed E-state index contributed by atoms with van der Waals surface area (Å²) in [5.74, 6) is 1.35. The molecule has 172 valence electrons. The van der Waals surface area contributed by atoms with Gasteiger partial charge in [-0.1, -0.05) is 12.1 Å². The third-order valence-electron chi connectivity index (χ3n) is 5.05. The van der Waals surface area contributed by atoms with Gasteiger partial charge in [-0.3, -0.25) is 4.90 Å². The van der Waals surface area contributed by atoms with Crippen molar-refractivity contribution in [1.82, 2.24) is 15.5 Å². The lowest BCUT2D eigenvalue weighted by Gasteiger charge is -2.37. The number of aromatic hydroxyl groups is 1. The highest BCUT2D eigenvalue weighted by atomic mass is 127. The predicted octanol–water partition coefficient (Wildman–Crippen LogP) is 3.60. The number of rotatable bonds is 8. The number of phenols is 1. The van der Waals surface area contributed by atoms with Crippen molar-refractivity contribution >= 4 is 41.3 Å². The third-order valence-corrected chi connectivity index (χ3v) is 6.03. The smallest absolute Gasteiger partial charge is 0.191 e. The fourth-order valence-corrected chi connectivity index (χ4v) is 4.42. The van der Waals surface area contributed by atoms with Crippen molar-refractivity contribution in [2.45, 2.75) is 32.5 Å². The van der Waals surface area contributed by atoms with Crippen LogP contribution in [0.5, 0.6) is 11.5 Å². The average molecular weight is 561 g/mol. The van der Waals surface area contributed by atoms with E-state index in [4.69, 9.17) is 14.5 Å². The van der Waals surface area contributed by atoms with Crippen LogP contribution in [0.3, 0.4) is 0 Å². The van der Waals surface area contributed by atoms with E-state index >= 15 is 0 Å². The van der Waals surface area contributed by atoms with E-state index in [1.54, 1.807) is 30.6 Å². The fraction of sp³-hybridized carbons (Fsp3) is 0.500. The largest absolute Gasteiger partial charge is 0.504 e. The quantitative estimate of drug-likeness (QED) is 0.260. The molecule has 2 unspecified atom stereocenters. The minimum atomic E-state index is 0. The first-order valence-electron chi connectivity index (χ1n) is 10.4. The van der Waals surface area contributed by atoms with Crippen LogP contribution in [0.4, 0.5) is 0 Å². The highest BCUT2D eigenvalue weighted by Gasteiger charge is 2.26. The van der Waals surface area contributed by atoms with Crippen molar-refractivity contribution in [2.24, 2.45) is 4.99 Å². The zero-order valence-corrected chi connectivity index (χ0v) is 21.5. The molecular weight excluding hydrogens is 527 g/mol. The maximum atomic E-state index is 9.99. The van der Waals surface area contributed by atoms with Gasteiger partial charge in [0.25, 0.3) is 0 Å². The maximum Gasteiger partial charge on any atom is 0.191 e. The summed E-state index contributed by atoms with van der Waals surface area (Å²) in [4.78, 5) is 8.52. The van der Waals surface area contributed by atoms with E-state index in [1.165, 1.54) is 4.88 Å². The maximum absolute atomic E-state index is 9.99. The standard InChI is InChI=1S/C22H32N4O3S.HI/c1-4-23-22(24-13-17-7-8-20(28-3)19(27)12-17)25-14-18(21-6-5-11-30-21)26-9-10-29-16(2)15-26;/h5-8,11-12,16,18,27H,4,9-10,13-15H2,1-3H3,(H2,23,24,25);1H. The van der Waals surface area contributed by atoms with Gasteiger partial charge < -0.3 is 25.2 Å². The summed E-state index contributed by atoms with van der Waals surface area (Å²) in [7, 11) is 1.54. The van der Waals surface area contributed by atoms with Gasteiger partial charge >= 0.3 is 0 Å². The molecular formula is C22H33IN4O3S. The Balaban J connectivity index is 0.00000341. The SMILES string of the molecule is CCNC(=NCc1ccc(OC)c(O)c1)NCC(c1cccs1)N1CCOC(C)C1.I. The highest BCUT2D eigenvalue weighted by Crippen LogP contribution is 2.27. The predicted molar refractivity (Wildman–Crippen MR) is 137 cm³/mol. The molecule has 31 heavy (non-hydrogen) atoms. The number of aliphatic imine (C=N–C) groups is 1. The van der Waals surface area contributed by atoms with Crippen LogP contribution in [0.25, 0.3) is 0 Å². The minimum absolute atomic E-state index is 0. The zero-order valence-electron chi connectivity index (χ0n) is 18.3. The van der Waals surface area contributed by atoms with Gasteiger partial charge in [0, 0.05) is 31.1 Å². The number of nitrogens with one attached hydrogen (secondary N) is 2. The Hall–Kier alpha value is -1.56. The number of halogens is 1. The Morgan fingerprint density at radius 3 is 2.87 bits per heavy atom. The Labute approximate surface area is 205 Å². The Kier molecular flexibility index (Phi) is 10.9. The lowest BCUT2D eigenvalue weighted by Crippen LogP contribution is -2.48. The molecule has 9 heteroatoms. The van der Waals surface area contributed by atoms with Gasteiger partial charge in [-0.15, -0.1) is 35.3 Å². The van der Waals surface area contributed by atoms with Gasteiger partial charge in [-0.05, 0) is 43.0 Å². The van der Waals surface area contributed by atoms with Crippen molar-refractivity contribution in [3.05, 3.63) is 46.2 Å². The molecule has 2 atom stereocenters. The van der Waals surface area contributed by atoms with Crippen LogP contribution in [-0.4, -0.2) is 62.0 Å². The monoisotopic (exact) mass is 560 g/mol. The number of hydrogen-bond acceptors (Lipinski definition) is 6. The molecule has 0 saturated carbocycles. The lowest BCUT2D eigenvalue weighted by molar-refractivity contribution is -0.0334. The molecule has 0 aliphatic carbocycles. The topological polar surface area (TPSA) is 78.4 Å². The van der Waals surface area contributed by atoms with Crippen molar-refractivity contribution < 1.29 is 14.6 Å². The first kappa shape index (κ1) is 25.7. The van der Waals surface area contributed by atoms with Crippen LogP contribution in [-0.2, 0) is 11.3 Å². The molecule has 3 N–H and O–H groups in total. The molecule has 1 fully saturated rings. The molecule has 2 aromatic rings. The van der Waals surface area contributed by atoms with Crippen LogP contribution in [0.2, 0.25) is 0 Å². The zero-order chi connectivity index (χ0) is 21.3. The molecule has 0 spiro atoms. The lowest BCUT2D eigenvalue weighted by atomic mass is 10.1. The van der Waals surface area contributed by atoms with Crippen LogP contribution in [0, 0.1) is 0 Å². The average Bonchev–Trinajstić information content (AvgIpc) is 3.27. The molecule has 2 heterocycles. The molecule has 1 aromatic heterocycles. The molecule has 1 saturated heterocycles. The fourth-order valence-electron chi connectivity index (χ4n) is 3.56. The van der Waals surface area contributed by atoms with Crippen molar-refractivity contribution in [3.8, 4) is 11.5 Å². The number of thiophene rings is 1. The van der Waals surface area contributed by atoms with Crippen molar-refractivity contribution in [3.63, 3.8) is 0 Å². The van der Waals surface area contributed by atoms with E-state index in [9.17, 15) is 5.11 Å². The minimum Gasteiger partial charge on any atom is -0.504 e. The van der Waals surface area contributed by atoms with E-state index in [0.29, 0.717) is 12.3 Å². The molecule has 1 aromatic carbocycles. The highest BCUT2D eigenvalue weighted by molar-refractivity contribution is 14.0. The van der Waals surface area contributed by atoms with Crippen molar-refractivity contribution in [1.29, 1.82) is 0 Å². The van der Waals surface area contributed by atoms with E-state index < -0.39 is 0 Å². The Bertz CT molecular complexity index is 819. The van der Waals surface area contributed by atoms with Crippen LogP contribution in [0.15, 0.2) is 40.7 Å². The van der Waals surface area contributed by atoms with Gasteiger partial charge in [0.1, 0.15) is 0 Å². The second kappa shape index (κ2) is 13.1. The summed E-state index contributed by atoms with van der Waals surface area (Å²) in [6.45, 7) is 8.78. The molecule has 7 nitrogen and oxygen atoms in total. The number of nitrogens with zero attached hydrogens (tertiary/aromatic N) is 2. The number of methoxy groups -OCH3 is 1. The van der Waals surface area contributed by atoms with E-state index in [1.807, 2.05) is 6.07 Å². The molecule has 3 rings (SSSR count). The third kappa shape index (κ3) is 7.51. The second-order valence-corrected chi connectivity index (χ2v) is 8.27. The van der Waals surface area contributed by atoms with Gasteiger partial charge in [0.05, 0.1) is 32.4 Å². The molecule has 0 radical (unpaired) electrons. The second-order valence-electron chi connectivity index (χ2n) is 7.29. The molecule has 0 amide bonds. The Morgan fingerprint density at radius 1 is 1.39 bits per heavy atom. The number of hydrogen-bond donors (Lipinski definition) is 3. The van der Waals surface area contributed by atoms with Gasteiger partial charge in [-0.25, -0.2) is 4.99 Å². The van der Waals surface area contributed by atoms with E-state index in [-0.39, 0.29) is 41.9 Å². The van der Waals surface area contributed by atoms with Gasteiger partial charge in [-0.2, -0.15) is 0 Å². The molecule has 1 aliphatic heterocycles. The van der Waals surface area contributed by atoms with Gasteiger partial charge in [0.2, 0.25) is 0 Å². The van der Waals surface area contributed by atoms with E-state index in [0.717, 1.165) is 44.3 Å². The van der Waals surface area contributed by atoms with Crippen LogP contribution in [0.1, 0.15) is 30.3 Å². The summed E-state index contributed by atoms with van der Waals surface area (Å²) >= 11 is 1.78. The summed E-state index contributed by atoms with van der Waals surface area (Å²) < 4.78 is 10.8. The summed E-state index contributed by atoms with van der Waals surface area (Å²) in [6, 6.07) is 9.93. The first-order chi connectivity index (χ1) is 14.6. The molecule has 1 aliphatic rings. The van der Waals surface area contributed by atoms with Gasteiger partial charge in [0.15, 0.2) is 17.5 Å².